The summed E-state index contributed by atoms with van der Waals surface area (Å²) in [5.41, 5.74) is 0.675. The fraction of sp³-hybridized carbons (Fsp3) is 0.467. The van der Waals surface area contributed by atoms with Crippen molar-refractivity contribution in [3.05, 3.63) is 29.8 Å². The number of carbonyl (C=O) groups excluding carboxylic acids is 2. The molecule has 0 radical (unpaired) electrons. The largest absolute Gasteiger partial charge is 0.298 e. The predicted octanol–water partition coefficient (Wildman–Crippen LogP) is 3.66. The van der Waals surface area contributed by atoms with Gasteiger partial charge in [-0.3, -0.25) is 9.59 Å². The molecule has 1 rings (SSSR count). The van der Waals surface area contributed by atoms with E-state index in [1.807, 2.05) is 52.0 Å². The standard InChI is InChI=1S/C15H20O2S/c1-10-6-8-12(9-7-10)18-13(11(2)16)14(17)15(3,4)5/h6-9,13H,1-5H3. The fourth-order valence-corrected chi connectivity index (χ4v) is 2.66. The first-order chi connectivity index (χ1) is 8.21. The summed E-state index contributed by atoms with van der Waals surface area (Å²) in [6.07, 6.45) is 0. The summed E-state index contributed by atoms with van der Waals surface area (Å²) in [5, 5.41) is -0.604. The van der Waals surface area contributed by atoms with Crippen LogP contribution in [0, 0.1) is 12.3 Å². The number of hydrogen-bond donors (Lipinski definition) is 0. The second-order valence-corrected chi connectivity index (χ2v) is 6.71. The van der Waals surface area contributed by atoms with Gasteiger partial charge in [-0.15, -0.1) is 11.8 Å². The fourth-order valence-electron chi connectivity index (χ4n) is 1.47. The Morgan fingerprint density at radius 2 is 1.61 bits per heavy atom. The van der Waals surface area contributed by atoms with Gasteiger partial charge in [-0.2, -0.15) is 0 Å². The van der Waals surface area contributed by atoms with E-state index in [1.165, 1.54) is 24.2 Å². The molecule has 0 amide bonds. The number of Topliss-reactive ketones (excluding diaryl/α,β-unsaturated/α-hetero) is 2. The molecule has 0 aliphatic heterocycles. The first-order valence-corrected chi connectivity index (χ1v) is 6.88. The van der Waals surface area contributed by atoms with E-state index in [9.17, 15) is 9.59 Å². The summed E-state index contributed by atoms with van der Waals surface area (Å²) < 4.78 is 0. The second-order valence-electron chi connectivity index (χ2n) is 5.54. The Morgan fingerprint density at radius 3 is 2.00 bits per heavy atom. The highest BCUT2D eigenvalue weighted by Gasteiger charge is 2.33. The highest BCUT2D eigenvalue weighted by molar-refractivity contribution is 8.01. The van der Waals surface area contributed by atoms with E-state index in [1.54, 1.807) is 0 Å². The van der Waals surface area contributed by atoms with Crippen molar-refractivity contribution in [2.45, 2.75) is 44.8 Å². The maximum atomic E-state index is 12.2. The molecule has 0 saturated carbocycles. The Labute approximate surface area is 113 Å². The van der Waals surface area contributed by atoms with Crippen LogP contribution in [0.25, 0.3) is 0 Å². The van der Waals surface area contributed by atoms with Crippen LogP contribution in [-0.2, 0) is 9.59 Å². The van der Waals surface area contributed by atoms with Crippen molar-refractivity contribution in [1.82, 2.24) is 0 Å². The number of rotatable bonds is 4. The lowest BCUT2D eigenvalue weighted by atomic mass is 9.88. The Balaban J connectivity index is 2.91. The van der Waals surface area contributed by atoms with Gasteiger partial charge in [0.2, 0.25) is 0 Å². The number of benzene rings is 1. The Kier molecular flexibility index (Phi) is 4.74. The van der Waals surface area contributed by atoms with Crippen molar-refractivity contribution >= 4 is 23.3 Å². The third-order valence-corrected chi connectivity index (χ3v) is 3.95. The van der Waals surface area contributed by atoms with E-state index in [0.717, 1.165) is 4.90 Å². The van der Waals surface area contributed by atoms with Gasteiger partial charge in [0.05, 0.1) is 0 Å². The normalized spacial score (nSPS) is 13.2. The molecule has 2 nitrogen and oxygen atoms in total. The van der Waals surface area contributed by atoms with Crippen molar-refractivity contribution in [1.29, 1.82) is 0 Å². The van der Waals surface area contributed by atoms with Crippen molar-refractivity contribution in [3.63, 3.8) is 0 Å². The Morgan fingerprint density at radius 1 is 1.11 bits per heavy atom. The zero-order valence-electron chi connectivity index (χ0n) is 11.6. The van der Waals surface area contributed by atoms with E-state index in [4.69, 9.17) is 0 Å². The molecule has 98 valence electrons. The molecule has 0 saturated heterocycles. The van der Waals surface area contributed by atoms with Crippen molar-refractivity contribution in [2.24, 2.45) is 5.41 Å². The number of aryl methyl sites for hydroxylation is 1. The lowest BCUT2D eigenvalue weighted by Gasteiger charge is -2.22. The van der Waals surface area contributed by atoms with Gasteiger partial charge in [0.15, 0.2) is 11.6 Å². The molecular formula is C15H20O2S. The molecule has 1 unspecified atom stereocenters. The van der Waals surface area contributed by atoms with Crippen LogP contribution in [0.1, 0.15) is 33.3 Å². The van der Waals surface area contributed by atoms with Gasteiger partial charge in [-0.05, 0) is 26.0 Å². The molecular weight excluding hydrogens is 244 g/mol. The van der Waals surface area contributed by atoms with Crippen LogP contribution in [-0.4, -0.2) is 16.8 Å². The van der Waals surface area contributed by atoms with E-state index >= 15 is 0 Å². The predicted molar refractivity (Wildman–Crippen MR) is 76.0 cm³/mol. The van der Waals surface area contributed by atoms with E-state index in [-0.39, 0.29) is 11.6 Å². The minimum Gasteiger partial charge on any atom is -0.298 e. The quantitative estimate of drug-likeness (QED) is 0.615. The first-order valence-electron chi connectivity index (χ1n) is 6.00. The maximum absolute atomic E-state index is 12.2. The molecule has 1 atom stereocenters. The monoisotopic (exact) mass is 264 g/mol. The van der Waals surface area contributed by atoms with Crippen LogP contribution in [0.15, 0.2) is 29.2 Å². The van der Waals surface area contributed by atoms with Crippen LogP contribution in [0.3, 0.4) is 0 Å². The third kappa shape index (κ3) is 3.98. The molecule has 1 aromatic rings. The SMILES string of the molecule is CC(=O)C(Sc1ccc(C)cc1)C(=O)C(C)(C)C. The first kappa shape index (κ1) is 15.0. The molecule has 0 aromatic heterocycles. The molecule has 1 aromatic carbocycles. The minimum atomic E-state index is -0.604. The highest BCUT2D eigenvalue weighted by atomic mass is 32.2. The van der Waals surface area contributed by atoms with Crippen molar-refractivity contribution < 1.29 is 9.59 Å². The molecule has 0 aliphatic carbocycles. The van der Waals surface area contributed by atoms with Crippen LogP contribution in [0.4, 0.5) is 0 Å². The smallest absolute Gasteiger partial charge is 0.158 e. The molecule has 3 heteroatoms. The van der Waals surface area contributed by atoms with E-state index in [0.29, 0.717) is 0 Å². The van der Waals surface area contributed by atoms with Crippen LogP contribution >= 0.6 is 11.8 Å². The van der Waals surface area contributed by atoms with Gasteiger partial charge in [0, 0.05) is 10.3 Å². The lowest BCUT2D eigenvalue weighted by Crippen LogP contribution is -2.34. The molecule has 0 spiro atoms. The third-order valence-electron chi connectivity index (χ3n) is 2.62. The minimum absolute atomic E-state index is 0.0134. The molecule has 0 N–H and O–H groups in total. The van der Waals surface area contributed by atoms with Crippen molar-refractivity contribution in [2.75, 3.05) is 0 Å². The second kappa shape index (κ2) is 5.70. The van der Waals surface area contributed by atoms with Crippen LogP contribution in [0.2, 0.25) is 0 Å². The van der Waals surface area contributed by atoms with Crippen LogP contribution in [0.5, 0.6) is 0 Å². The molecule has 0 fully saturated rings. The van der Waals surface area contributed by atoms with Gasteiger partial charge in [0.25, 0.3) is 0 Å². The van der Waals surface area contributed by atoms with Crippen LogP contribution < -0.4 is 0 Å². The van der Waals surface area contributed by atoms with Gasteiger partial charge in [0.1, 0.15) is 5.25 Å². The summed E-state index contributed by atoms with van der Waals surface area (Å²) in [7, 11) is 0. The zero-order chi connectivity index (χ0) is 13.9. The number of thioether (sulfide) groups is 1. The highest BCUT2D eigenvalue weighted by Crippen LogP contribution is 2.30. The number of carbonyl (C=O) groups is 2. The van der Waals surface area contributed by atoms with E-state index in [2.05, 4.69) is 0 Å². The Bertz CT molecular complexity index is 441. The molecule has 18 heavy (non-hydrogen) atoms. The lowest BCUT2D eigenvalue weighted by molar-refractivity contribution is -0.130. The molecule has 0 aliphatic rings. The summed E-state index contributed by atoms with van der Waals surface area (Å²) in [4.78, 5) is 24.9. The summed E-state index contributed by atoms with van der Waals surface area (Å²) >= 11 is 1.34. The molecule has 0 bridgehead atoms. The summed E-state index contributed by atoms with van der Waals surface area (Å²) in [6.45, 7) is 9.04. The van der Waals surface area contributed by atoms with Crippen molar-refractivity contribution in [3.8, 4) is 0 Å². The number of hydrogen-bond acceptors (Lipinski definition) is 3. The van der Waals surface area contributed by atoms with E-state index < -0.39 is 10.7 Å². The van der Waals surface area contributed by atoms with Gasteiger partial charge in [-0.1, -0.05) is 38.5 Å². The van der Waals surface area contributed by atoms with Gasteiger partial charge in [-0.25, -0.2) is 0 Å². The summed E-state index contributed by atoms with van der Waals surface area (Å²) in [5.74, 6) is -0.0962. The average molecular weight is 264 g/mol. The summed E-state index contributed by atoms with van der Waals surface area (Å²) in [6, 6.07) is 7.87. The molecule has 0 heterocycles. The zero-order valence-corrected chi connectivity index (χ0v) is 12.4. The van der Waals surface area contributed by atoms with Gasteiger partial charge >= 0.3 is 0 Å². The van der Waals surface area contributed by atoms with Gasteiger partial charge < -0.3 is 0 Å². The average Bonchev–Trinajstić information content (AvgIpc) is 2.25. The number of ketones is 2. The topological polar surface area (TPSA) is 34.1 Å². The maximum Gasteiger partial charge on any atom is 0.158 e. The Hall–Kier alpha value is -1.09.